The summed E-state index contributed by atoms with van der Waals surface area (Å²) in [6, 6.07) is 6.16. The second-order valence-corrected chi connectivity index (χ2v) is 7.43. The zero-order chi connectivity index (χ0) is 16.8. The standard InChI is InChI=1S/C22H24O3/c23-18-10-9-14-5-1-3-7-16(14)20(18)21-17-8-4-2-6-15(17)13-19-22(21)25-12-11-24-19/h9-10,13,23H,1-8,11-12H2. The molecule has 1 N–H and O–H groups in total. The summed E-state index contributed by atoms with van der Waals surface area (Å²) in [7, 11) is 0. The summed E-state index contributed by atoms with van der Waals surface area (Å²) in [6.45, 7) is 1.18. The van der Waals surface area contributed by atoms with Gasteiger partial charge in [-0.2, -0.15) is 0 Å². The number of phenols is 1. The molecule has 5 rings (SSSR count). The molecule has 1 aliphatic heterocycles. The van der Waals surface area contributed by atoms with Crippen molar-refractivity contribution >= 4 is 0 Å². The van der Waals surface area contributed by atoms with Gasteiger partial charge in [-0.25, -0.2) is 0 Å². The van der Waals surface area contributed by atoms with Crippen LogP contribution in [0, 0.1) is 0 Å². The van der Waals surface area contributed by atoms with E-state index in [1.54, 1.807) is 0 Å². The highest BCUT2D eigenvalue weighted by atomic mass is 16.6. The molecule has 3 aliphatic rings. The molecule has 0 saturated carbocycles. The van der Waals surface area contributed by atoms with Crippen molar-refractivity contribution in [2.45, 2.75) is 51.4 Å². The number of phenolic OH excluding ortho intramolecular Hbond substituents is 1. The van der Waals surface area contributed by atoms with Crippen LogP contribution in [0.1, 0.15) is 47.9 Å². The molecule has 2 aliphatic carbocycles. The van der Waals surface area contributed by atoms with Crippen LogP contribution in [0.25, 0.3) is 11.1 Å². The number of ether oxygens (including phenoxy) is 2. The number of benzene rings is 2. The van der Waals surface area contributed by atoms with Crippen LogP contribution in [-0.4, -0.2) is 18.3 Å². The molecule has 0 amide bonds. The van der Waals surface area contributed by atoms with Crippen LogP contribution in [0.5, 0.6) is 17.2 Å². The molecule has 0 radical (unpaired) electrons. The van der Waals surface area contributed by atoms with E-state index in [4.69, 9.17) is 9.47 Å². The fourth-order valence-corrected chi connectivity index (χ4v) is 4.76. The molecule has 0 fully saturated rings. The Morgan fingerprint density at radius 3 is 2.24 bits per heavy atom. The second kappa shape index (κ2) is 5.98. The molecule has 0 bridgehead atoms. The van der Waals surface area contributed by atoms with E-state index in [9.17, 15) is 5.11 Å². The number of rotatable bonds is 1. The van der Waals surface area contributed by atoms with Gasteiger partial charge in [0.2, 0.25) is 0 Å². The van der Waals surface area contributed by atoms with Crippen LogP contribution < -0.4 is 9.47 Å². The average Bonchev–Trinajstić information content (AvgIpc) is 2.67. The molecular weight excluding hydrogens is 312 g/mol. The fraction of sp³-hybridized carbons (Fsp3) is 0.455. The third-order valence-electron chi connectivity index (χ3n) is 5.92. The maximum absolute atomic E-state index is 10.8. The van der Waals surface area contributed by atoms with Gasteiger partial charge in [-0.15, -0.1) is 0 Å². The topological polar surface area (TPSA) is 38.7 Å². The normalized spacial score (nSPS) is 18.4. The SMILES string of the molecule is Oc1ccc2c(c1-c1c3c(cc4c1OCCO4)CCCC3)CCCC2. The molecule has 2 aromatic rings. The lowest BCUT2D eigenvalue weighted by molar-refractivity contribution is 0.172. The summed E-state index contributed by atoms with van der Waals surface area (Å²) in [5.41, 5.74) is 7.57. The van der Waals surface area contributed by atoms with Crippen molar-refractivity contribution in [2.24, 2.45) is 0 Å². The van der Waals surface area contributed by atoms with Crippen molar-refractivity contribution in [3.05, 3.63) is 40.5 Å². The summed E-state index contributed by atoms with van der Waals surface area (Å²) in [5, 5.41) is 10.8. The third-order valence-corrected chi connectivity index (χ3v) is 5.92. The van der Waals surface area contributed by atoms with Gasteiger partial charge < -0.3 is 14.6 Å². The fourth-order valence-electron chi connectivity index (χ4n) is 4.76. The van der Waals surface area contributed by atoms with Crippen LogP contribution in [0.3, 0.4) is 0 Å². The Morgan fingerprint density at radius 2 is 1.40 bits per heavy atom. The highest BCUT2D eigenvalue weighted by molar-refractivity contribution is 5.85. The van der Waals surface area contributed by atoms with Crippen molar-refractivity contribution in [3.63, 3.8) is 0 Å². The van der Waals surface area contributed by atoms with Crippen LogP contribution in [0.2, 0.25) is 0 Å². The quantitative estimate of drug-likeness (QED) is 0.828. The van der Waals surface area contributed by atoms with E-state index >= 15 is 0 Å². The van der Waals surface area contributed by atoms with E-state index in [0.29, 0.717) is 19.0 Å². The van der Waals surface area contributed by atoms with Gasteiger partial charge in [-0.1, -0.05) is 6.07 Å². The molecule has 0 spiro atoms. The third kappa shape index (κ3) is 2.40. The van der Waals surface area contributed by atoms with E-state index in [2.05, 4.69) is 12.1 Å². The first kappa shape index (κ1) is 15.1. The van der Waals surface area contributed by atoms with Crippen LogP contribution in [0.15, 0.2) is 18.2 Å². The van der Waals surface area contributed by atoms with Crippen molar-refractivity contribution in [1.29, 1.82) is 0 Å². The minimum Gasteiger partial charge on any atom is -0.507 e. The van der Waals surface area contributed by atoms with E-state index < -0.39 is 0 Å². The summed E-state index contributed by atoms with van der Waals surface area (Å²) >= 11 is 0. The molecule has 0 aromatic heterocycles. The molecule has 130 valence electrons. The molecule has 0 unspecified atom stereocenters. The zero-order valence-electron chi connectivity index (χ0n) is 14.6. The largest absolute Gasteiger partial charge is 0.507 e. The molecule has 2 aromatic carbocycles. The van der Waals surface area contributed by atoms with Crippen LogP contribution in [-0.2, 0) is 25.7 Å². The summed E-state index contributed by atoms with van der Waals surface area (Å²) in [5.74, 6) is 2.09. The van der Waals surface area contributed by atoms with Gasteiger partial charge in [-0.3, -0.25) is 0 Å². The average molecular weight is 336 g/mol. The summed E-state index contributed by atoms with van der Waals surface area (Å²) in [6.07, 6.45) is 9.16. The minimum atomic E-state index is 0.385. The van der Waals surface area contributed by atoms with Crippen molar-refractivity contribution < 1.29 is 14.6 Å². The highest BCUT2D eigenvalue weighted by Gasteiger charge is 2.29. The number of aromatic hydroxyl groups is 1. The zero-order valence-corrected chi connectivity index (χ0v) is 14.6. The van der Waals surface area contributed by atoms with Gasteiger partial charge in [0.05, 0.1) is 0 Å². The molecule has 3 heteroatoms. The number of hydrogen-bond acceptors (Lipinski definition) is 3. The Bertz CT molecular complexity index is 804. The first-order valence-electron chi connectivity index (χ1n) is 9.61. The lowest BCUT2D eigenvalue weighted by Crippen LogP contribution is -2.19. The summed E-state index contributed by atoms with van der Waals surface area (Å²) < 4.78 is 12.0. The first-order chi connectivity index (χ1) is 12.3. The van der Waals surface area contributed by atoms with Crippen molar-refractivity contribution in [3.8, 4) is 28.4 Å². The maximum atomic E-state index is 10.8. The lowest BCUT2D eigenvalue weighted by atomic mass is 9.80. The molecule has 0 saturated heterocycles. The Kier molecular flexibility index (Phi) is 3.61. The molecule has 1 heterocycles. The summed E-state index contributed by atoms with van der Waals surface area (Å²) in [4.78, 5) is 0. The Hall–Kier alpha value is -2.16. The van der Waals surface area contributed by atoms with Gasteiger partial charge >= 0.3 is 0 Å². The van der Waals surface area contributed by atoms with Gasteiger partial charge in [0, 0.05) is 11.1 Å². The van der Waals surface area contributed by atoms with Gasteiger partial charge in [0.1, 0.15) is 19.0 Å². The van der Waals surface area contributed by atoms with Crippen molar-refractivity contribution in [2.75, 3.05) is 13.2 Å². The number of fused-ring (bicyclic) bond motifs is 3. The van der Waals surface area contributed by atoms with Gasteiger partial charge in [-0.05, 0) is 85.8 Å². The van der Waals surface area contributed by atoms with E-state index in [-0.39, 0.29) is 0 Å². The van der Waals surface area contributed by atoms with Crippen molar-refractivity contribution in [1.82, 2.24) is 0 Å². The van der Waals surface area contributed by atoms with E-state index in [0.717, 1.165) is 48.3 Å². The van der Waals surface area contributed by atoms with Gasteiger partial charge in [0.15, 0.2) is 11.5 Å². The Labute approximate surface area is 148 Å². The van der Waals surface area contributed by atoms with E-state index in [1.807, 2.05) is 6.07 Å². The molecular formula is C22H24O3. The van der Waals surface area contributed by atoms with Crippen LogP contribution >= 0.6 is 0 Å². The maximum Gasteiger partial charge on any atom is 0.169 e. The Morgan fingerprint density at radius 1 is 0.720 bits per heavy atom. The minimum absolute atomic E-state index is 0.385. The predicted molar refractivity (Wildman–Crippen MR) is 97.8 cm³/mol. The number of aryl methyl sites for hydroxylation is 2. The molecule has 25 heavy (non-hydrogen) atoms. The Balaban J connectivity index is 1.83. The smallest absolute Gasteiger partial charge is 0.169 e. The molecule has 0 atom stereocenters. The monoisotopic (exact) mass is 336 g/mol. The van der Waals surface area contributed by atoms with Crippen LogP contribution in [0.4, 0.5) is 0 Å². The predicted octanol–water partition coefficient (Wildman–Crippen LogP) is 4.59. The lowest BCUT2D eigenvalue weighted by Gasteiger charge is -2.30. The van der Waals surface area contributed by atoms with Gasteiger partial charge in [0.25, 0.3) is 0 Å². The molecule has 3 nitrogen and oxygen atoms in total. The van der Waals surface area contributed by atoms with E-state index in [1.165, 1.54) is 47.9 Å². The first-order valence-corrected chi connectivity index (χ1v) is 9.61. The highest BCUT2D eigenvalue weighted by Crippen LogP contribution is 2.50. The second-order valence-electron chi connectivity index (χ2n) is 7.43. The number of hydrogen-bond donors (Lipinski definition) is 1.